The Balaban J connectivity index is 2.48. The molecule has 2 rings (SSSR count). The molecule has 1 aliphatic carbocycles. The van der Waals surface area contributed by atoms with Crippen molar-refractivity contribution in [2.24, 2.45) is 17.3 Å². The van der Waals surface area contributed by atoms with E-state index < -0.39 is 41.3 Å². The first-order chi connectivity index (χ1) is 11.0. The van der Waals surface area contributed by atoms with Gasteiger partial charge in [0, 0.05) is 24.4 Å². The summed E-state index contributed by atoms with van der Waals surface area (Å²) in [6.45, 7) is 0.308. The highest BCUT2D eigenvalue weighted by atomic mass is 16.6. The van der Waals surface area contributed by atoms with Gasteiger partial charge in [-0.2, -0.15) is 0 Å². The van der Waals surface area contributed by atoms with E-state index in [9.17, 15) is 19.2 Å². The Morgan fingerprint density at radius 1 is 1.04 bits per heavy atom. The summed E-state index contributed by atoms with van der Waals surface area (Å²) in [4.78, 5) is 49.7. The van der Waals surface area contributed by atoms with E-state index in [-0.39, 0.29) is 6.42 Å². The SMILES string of the molecule is COC(=O)N1CC[C@@H]2[C@H]1[C@@H](C=O)CCC2(C(=O)OC)C(=O)OC. The summed E-state index contributed by atoms with van der Waals surface area (Å²) in [7, 11) is 3.67. The molecule has 2 aliphatic rings. The Labute approximate surface area is 134 Å². The third kappa shape index (κ3) is 2.46. The van der Waals surface area contributed by atoms with Crippen LogP contribution in [0.2, 0.25) is 0 Å². The molecule has 0 aromatic carbocycles. The third-order valence-electron chi connectivity index (χ3n) is 5.08. The molecule has 1 saturated heterocycles. The highest BCUT2D eigenvalue weighted by Gasteiger charge is 2.63. The number of rotatable bonds is 3. The number of likely N-dealkylation sites (tertiary alicyclic amines) is 1. The van der Waals surface area contributed by atoms with Gasteiger partial charge in [0.2, 0.25) is 0 Å². The van der Waals surface area contributed by atoms with Gasteiger partial charge in [-0.05, 0) is 19.3 Å². The molecule has 1 amide bonds. The number of esters is 2. The Morgan fingerprint density at radius 2 is 1.65 bits per heavy atom. The summed E-state index contributed by atoms with van der Waals surface area (Å²) in [6, 6.07) is -0.577. The van der Waals surface area contributed by atoms with Crippen molar-refractivity contribution in [1.82, 2.24) is 4.90 Å². The number of amides is 1. The van der Waals surface area contributed by atoms with Crippen LogP contribution in [-0.4, -0.2) is 63.1 Å². The molecule has 1 saturated carbocycles. The largest absolute Gasteiger partial charge is 0.468 e. The summed E-state index contributed by atoms with van der Waals surface area (Å²) in [6.07, 6.45) is 1.05. The molecule has 8 heteroatoms. The van der Waals surface area contributed by atoms with E-state index in [0.29, 0.717) is 19.4 Å². The number of hydrogen-bond acceptors (Lipinski definition) is 7. The molecule has 0 spiro atoms. The van der Waals surface area contributed by atoms with Crippen LogP contribution in [0.1, 0.15) is 19.3 Å². The summed E-state index contributed by atoms with van der Waals surface area (Å²) in [5, 5.41) is 0. The zero-order valence-corrected chi connectivity index (χ0v) is 13.4. The van der Waals surface area contributed by atoms with Gasteiger partial charge in [-0.1, -0.05) is 0 Å². The maximum absolute atomic E-state index is 12.4. The molecule has 128 valence electrons. The number of hydrogen-bond donors (Lipinski definition) is 0. The van der Waals surface area contributed by atoms with Crippen molar-refractivity contribution in [3.8, 4) is 0 Å². The number of ether oxygens (including phenoxy) is 3. The van der Waals surface area contributed by atoms with Gasteiger partial charge in [0.25, 0.3) is 0 Å². The van der Waals surface area contributed by atoms with Gasteiger partial charge in [0.1, 0.15) is 6.29 Å². The zero-order chi connectivity index (χ0) is 17.2. The first-order valence-corrected chi connectivity index (χ1v) is 7.44. The molecule has 1 aliphatic heterocycles. The van der Waals surface area contributed by atoms with E-state index in [1.807, 2.05) is 0 Å². The molecule has 0 radical (unpaired) electrons. The fourth-order valence-corrected chi connectivity index (χ4v) is 4.07. The minimum atomic E-state index is -1.49. The predicted molar refractivity (Wildman–Crippen MR) is 76.3 cm³/mol. The fraction of sp³-hybridized carbons (Fsp3) is 0.733. The Hall–Kier alpha value is -2.12. The van der Waals surface area contributed by atoms with Crippen molar-refractivity contribution >= 4 is 24.3 Å². The van der Waals surface area contributed by atoms with Crippen LogP contribution in [0.15, 0.2) is 0 Å². The van der Waals surface area contributed by atoms with Crippen LogP contribution in [0.25, 0.3) is 0 Å². The molecule has 0 N–H and O–H groups in total. The lowest BCUT2D eigenvalue weighted by Gasteiger charge is -2.44. The highest BCUT2D eigenvalue weighted by molar-refractivity contribution is 6.01. The summed E-state index contributed by atoms with van der Waals surface area (Å²) < 4.78 is 14.5. The summed E-state index contributed by atoms with van der Waals surface area (Å²) in [5.41, 5.74) is -1.49. The second kappa shape index (κ2) is 6.55. The molecule has 3 atom stereocenters. The van der Waals surface area contributed by atoms with E-state index in [1.54, 1.807) is 0 Å². The zero-order valence-electron chi connectivity index (χ0n) is 13.4. The lowest BCUT2D eigenvalue weighted by molar-refractivity contribution is -0.179. The van der Waals surface area contributed by atoms with E-state index in [4.69, 9.17) is 14.2 Å². The van der Waals surface area contributed by atoms with Gasteiger partial charge in [-0.15, -0.1) is 0 Å². The summed E-state index contributed by atoms with van der Waals surface area (Å²) in [5.74, 6) is -2.36. The van der Waals surface area contributed by atoms with Gasteiger partial charge in [-0.3, -0.25) is 9.59 Å². The van der Waals surface area contributed by atoms with Crippen molar-refractivity contribution in [3.05, 3.63) is 0 Å². The Bertz CT molecular complexity index is 502. The van der Waals surface area contributed by atoms with Crippen LogP contribution in [0, 0.1) is 17.3 Å². The van der Waals surface area contributed by atoms with E-state index in [0.717, 1.165) is 6.29 Å². The van der Waals surface area contributed by atoms with E-state index >= 15 is 0 Å². The minimum Gasteiger partial charge on any atom is -0.468 e. The minimum absolute atomic E-state index is 0.159. The molecule has 0 aromatic rings. The summed E-state index contributed by atoms with van der Waals surface area (Å²) >= 11 is 0. The lowest BCUT2D eigenvalue weighted by Crippen LogP contribution is -2.57. The van der Waals surface area contributed by atoms with Crippen molar-refractivity contribution in [2.45, 2.75) is 25.3 Å². The molecule has 0 bridgehead atoms. The fourth-order valence-electron chi connectivity index (χ4n) is 4.07. The quantitative estimate of drug-likeness (QED) is 0.320. The number of carbonyl (C=O) groups excluding carboxylic acids is 4. The normalized spacial score (nSPS) is 28.5. The monoisotopic (exact) mass is 327 g/mol. The lowest BCUT2D eigenvalue weighted by atomic mass is 9.61. The van der Waals surface area contributed by atoms with Gasteiger partial charge < -0.3 is 23.9 Å². The predicted octanol–water partition coefficient (Wildman–Crippen LogP) is 0.385. The van der Waals surface area contributed by atoms with Crippen LogP contribution in [0.3, 0.4) is 0 Å². The molecule has 1 heterocycles. The number of methoxy groups -OCH3 is 3. The smallest absolute Gasteiger partial charge is 0.409 e. The second-order valence-electron chi connectivity index (χ2n) is 5.84. The molecular formula is C15H21NO7. The highest BCUT2D eigenvalue weighted by Crippen LogP contribution is 2.51. The van der Waals surface area contributed by atoms with Crippen molar-refractivity contribution in [2.75, 3.05) is 27.9 Å². The van der Waals surface area contributed by atoms with Crippen LogP contribution >= 0.6 is 0 Å². The van der Waals surface area contributed by atoms with Crippen molar-refractivity contribution in [3.63, 3.8) is 0 Å². The molecular weight excluding hydrogens is 306 g/mol. The van der Waals surface area contributed by atoms with Crippen molar-refractivity contribution in [1.29, 1.82) is 0 Å². The second-order valence-corrected chi connectivity index (χ2v) is 5.84. The van der Waals surface area contributed by atoms with E-state index in [1.165, 1.54) is 26.2 Å². The van der Waals surface area contributed by atoms with Gasteiger partial charge >= 0.3 is 18.0 Å². The Morgan fingerprint density at radius 3 is 2.13 bits per heavy atom. The van der Waals surface area contributed by atoms with Gasteiger partial charge in [0.05, 0.1) is 21.3 Å². The van der Waals surface area contributed by atoms with E-state index in [2.05, 4.69) is 0 Å². The van der Waals surface area contributed by atoms with Crippen molar-refractivity contribution < 1.29 is 33.4 Å². The maximum atomic E-state index is 12.4. The van der Waals surface area contributed by atoms with Gasteiger partial charge in [-0.25, -0.2) is 4.79 Å². The molecule has 2 fully saturated rings. The van der Waals surface area contributed by atoms with Crippen LogP contribution < -0.4 is 0 Å². The standard InChI is InChI=1S/C15H21NO7/c1-21-12(18)15(13(19)22-2)6-4-9(8-17)11-10(15)5-7-16(11)14(20)23-3/h8-11H,4-7H2,1-3H3/t9-,10-,11-/m1/s1. The maximum Gasteiger partial charge on any atom is 0.409 e. The number of aldehydes is 1. The van der Waals surface area contributed by atoms with Crippen LogP contribution in [-0.2, 0) is 28.6 Å². The number of carbonyl (C=O) groups is 4. The topological polar surface area (TPSA) is 99.2 Å². The molecule has 23 heavy (non-hydrogen) atoms. The first-order valence-electron chi connectivity index (χ1n) is 7.44. The first kappa shape index (κ1) is 17.2. The average Bonchev–Trinajstić information content (AvgIpc) is 3.04. The molecule has 8 nitrogen and oxygen atoms in total. The van der Waals surface area contributed by atoms with Crippen LogP contribution in [0.4, 0.5) is 4.79 Å². The Kier molecular flexibility index (Phi) is 4.91. The third-order valence-corrected chi connectivity index (χ3v) is 5.08. The van der Waals surface area contributed by atoms with Crippen LogP contribution in [0.5, 0.6) is 0 Å². The molecule has 0 aromatic heterocycles. The number of fused-ring (bicyclic) bond motifs is 1. The molecule has 0 unspecified atom stereocenters. The number of nitrogens with zero attached hydrogens (tertiary/aromatic N) is 1. The van der Waals surface area contributed by atoms with Gasteiger partial charge in [0.15, 0.2) is 5.41 Å². The average molecular weight is 327 g/mol.